The average Bonchev–Trinajstić information content (AvgIpc) is 3.18. The number of hydrogen-bond donors (Lipinski definition) is 1. The molecule has 1 N–H and O–H groups in total. The van der Waals surface area contributed by atoms with Crippen molar-refractivity contribution in [1.82, 2.24) is 0 Å². The molecular formula is C31H20FNO3. The van der Waals surface area contributed by atoms with Gasteiger partial charge in [0.15, 0.2) is 5.60 Å². The van der Waals surface area contributed by atoms with Crippen LogP contribution in [0.5, 0.6) is 11.5 Å². The van der Waals surface area contributed by atoms with Crippen LogP contribution in [0.25, 0.3) is 10.8 Å². The molecule has 7 rings (SSSR count). The predicted octanol–water partition coefficient (Wildman–Crippen LogP) is 7.60. The van der Waals surface area contributed by atoms with E-state index in [2.05, 4.69) is 5.32 Å². The van der Waals surface area contributed by atoms with Crippen molar-refractivity contribution in [3.8, 4) is 11.5 Å². The minimum absolute atomic E-state index is 0.278. The van der Waals surface area contributed by atoms with Crippen LogP contribution in [-0.2, 0) is 10.3 Å². The van der Waals surface area contributed by atoms with Gasteiger partial charge in [0, 0.05) is 28.6 Å². The number of aryl methyl sites for hydroxylation is 1. The van der Waals surface area contributed by atoms with E-state index >= 15 is 0 Å². The topological polar surface area (TPSA) is 47.6 Å². The van der Waals surface area contributed by atoms with E-state index in [4.69, 9.17) is 9.47 Å². The fourth-order valence-corrected chi connectivity index (χ4v) is 5.45. The number of fused-ring (bicyclic) bond motifs is 8. The average molecular weight is 474 g/mol. The first-order chi connectivity index (χ1) is 17.5. The highest BCUT2D eigenvalue weighted by molar-refractivity contribution is 6.00. The van der Waals surface area contributed by atoms with Crippen molar-refractivity contribution in [2.24, 2.45) is 0 Å². The van der Waals surface area contributed by atoms with Gasteiger partial charge in [0.1, 0.15) is 17.3 Å². The van der Waals surface area contributed by atoms with E-state index in [1.807, 2.05) is 79.7 Å². The Balaban J connectivity index is 1.47. The molecule has 0 radical (unpaired) electrons. The number of anilines is 2. The van der Waals surface area contributed by atoms with Crippen LogP contribution in [0, 0.1) is 12.7 Å². The number of carbonyl (C=O) groups excluding carboxylic acids is 1. The molecular weight excluding hydrogens is 453 g/mol. The number of halogens is 1. The summed E-state index contributed by atoms with van der Waals surface area (Å²) in [6.07, 6.45) is 0. The summed E-state index contributed by atoms with van der Waals surface area (Å²) < 4.78 is 26.4. The number of esters is 1. The summed E-state index contributed by atoms with van der Waals surface area (Å²) in [7, 11) is 0. The van der Waals surface area contributed by atoms with Crippen LogP contribution in [-0.4, -0.2) is 5.97 Å². The molecule has 0 fully saturated rings. The van der Waals surface area contributed by atoms with Gasteiger partial charge in [-0.15, -0.1) is 0 Å². The van der Waals surface area contributed by atoms with Gasteiger partial charge in [0.2, 0.25) is 0 Å². The fourth-order valence-electron chi connectivity index (χ4n) is 5.45. The second kappa shape index (κ2) is 7.43. The normalized spacial score (nSPS) is 17.2. The molecule has 2 heterocycles. The van der Waals surface area contributed by atoms with E-state index in [1.165, 1.54) is 12.1 Å². The van der Waals surface area contributed by atoms with Crippen molar-refractivity contribution in [3.05, 3.63) is 131 Å². The van der Waals surface area contributed by atoms with Gasteiger partial charge in [-0.3, -0.25) is 0 Å². The number of hydrogen-bond acceptors (Lipinski definition) is 4. The summed E-state index contributed by atoms with van der Waals surface area (Å²) in [5, 5.41) is 5.36. The number of rotatable bonds is 2. The van der Waals surface area contributed by atoms with Crippen LogP contribution < -0.4 is 10.1 Å². The van der Waals surface area contributed by atoms with Gasteiger partial charge < -0.3 is 14.8 Å². The molecule has 0 saturated carbocycles. The standard InChI is InChI=1S/C31H20FNO3/c1-18-16-20(32)11-14-26(18)33-21-12-13-25-28(17-21)35-27-15-10-19-6-2-3-7-22(19)29(27)31(25)24-9-5-4-8-23(24)30(34)36-31/h2-17,33H,1H3. The van der Waals surface area contributed by atoms with Crippen molar-refractivity contribution < 1.29 is 18.7 Å². The van der Waals surface area contributed by atoms with Gasteiger partial charge in [0.25, 0.3) is 0 Å². The second-order valence-corrected chi connectivity index (χ2v) is 9.17. The maximum absolute atomic E-state index is 13.6. The lowest BCUT2D eigenvalue weighted by atomic mass is 9.76. The molecule has 0 bridgehead atoms. The van der Waals surface area contributed by atoms with Gasteiger partial charge in [0.05, 0.1) is 11.1 Å². The van der Waals surface area contributed by atoms with Crippen LogP contribution >= 0.6 is 0 Å². The fraction of sp³-hybridized carbons (Fsp3) is 0.0645. The molecule has 4 nitrogen and oxygen atoms in total. The van der Waals surface area contributed by atoms with E-state index in [9.17, 15) is 9.18 Å². The Morgan fingerprint density at radius 2 is 1.64 bits per heavy atom. The smallest absolute Gasteiger partial charge is 0.340 e. The van der Waals surface area contributed by atoms with E-state index in [0.717, 1.165) is 44.4 Å². The zero-order valence-electron chi connectivity index (χ0n) is 19.3. The quantitative estimate of drug-likeness (QED) is 0.268. The minimum Gasteiger partial charge on any atom is -0.456 e. The molecule has 2 aliphatic heterocycles. The van der Waals surface area contributed by atoms with Gasteiger partial charge in [-0.05, 0) is 65.7 Å². The predicted molar refractivity (Wildman–Crippen MR) is 137 cm³/mol. The first-order valence-corrected chi connectivity index (χ1v) is 11.8. The van der Waals surface area contributed by atoms with Crippen LogP contribution in [0.1, 0.15) is 32.6 Å². The van der Waals surface area contributed by atoms with Gasteiger partial charge in [-0.1, -0.05) is 48.5 Å². The maximum atomic E-state index is 13.6. The van der Waals surface area contributed by atoms with Crippen molar-refractivity contribution in [2.45, 2.75) is 12.5 Å². The van der Waals surface area contributed by atoms with Gasteiger partial charge in [-0.25, -0.2) is 9.18 Å². The molecule has 1 unspecified atom stereocenters. The Bertz CT molecular complexity index is 1730. The second-order valence-electron chi connectivity index (χ2n) is 9.17. The van der Waals surface area contributed by atoms with Crippen LogP contribution in [0.2, 0.25) is 0 Å². The van der Waals surface area contributed by atoms with Crippen LogP contribution in [0.3, 0.4) is 0 Å². The molecule has 1 atom stereocenters. The summed E-state index contributed by atoms with van der Waals surface area (Å²) >= 11 is 0. The van der Waals surface area contributed by atoms with Crippen molar-refractivity contribution in [2.75, 3.05) is 5.32 Å². The van der Waals surface area contributed by atoms with Crippen molar-refractivity contribution in [1.29, 1.82) is 0 Å². The highest BCUT2D eigenvalue weighted by atomic mass is 19.1. The maximum Gasteiger partial charge on any atom is 0.340 e. The molecule has 2 aliphatic rings. The largest absolute Gasteiger partial charge is 0.456 e. The van der Waals surface area contributed by atoms with Crippen LogP contribution in [0.15, 0.2) is 97.1 Å². The summed E-state index contributed by atoms with van der Waals surface area (Å²) in [5.74, 6) is 0.591. The SMILES string of the molecule is Cc1cc(F)ccc1Nc1ccc2c(c1)Oc1ccc3ccccc3c1C21OC(=O)c2ccccc21. The first kappa shape index (κ1) is 20.7. The third-order valence-electron chi connectivity index (χ3n) is 7.06. The molecule has 0 aliphatic carbocycles. The molecule has 5 aromatic rings. The van der Waals surface area contributed by atoms with Gasteiger partial charge >= 0.3 is 5.97 Å². The highest BCUT2D eigenvalue weighted by Gasteiger charge is 2.54. The Morgan fingerprint density at radius 3 is 2.53 bits per heavy atom. The lowest BCUT2D eigenvalue weighted by Crippen LogP contribution is -2.33. The molecule has 5 heteroatoms. The molecule has 1 spiro atoms. The minimum atomic E-state index is -1.14. The number of nitrogens with one attached hydrogen (secondary N) is 1. The third kappa shape index (κ3) is 2.83. The summed E-state index contributed by atoms with van der Waals surface area (Å²) in [6, 6.07) is 29.9. The van der Waals surface area contributed by atoms with Crippen molar-refractivity contribution >= 4 is 28.1 Å². The monoisotopic (exact) mass is 473 g/mol. The van der Waals surface area contributed by atoms with E-state index in [1.54, 1.807) is 12.1 Å². The lowest BCUT2D eigenvalue weighted by molar-refractivity contribution is 0.0229. The number of ether oxygens (including phenoxy) is 2. The Labute approximate surface area is 206 Å². The Kier molecular flexibility index (Phi) is 4.27. The zero-order chi connectivity index (χ0) is 24.4. The van der Waals surface area contributed by atoms with E-state index in [-0.39, 0.29) is 11.8 Å². The van der Waals surface area contributed by atoms with Crippen molar-refractivity contribution in [3.63, 3.8) is 0 Å². The lowest BCUT2D eigenvalue weighted by Gasteiger charge is -2.37. The van der Waals surface area contributed by atoms with Gasteiger partial charge in [-0.2, -0.15) is 0 Å². The molecule has 174 valence electrons. The molecule has 36 heavy (non-hydrogen) atoms. The number of benzene rings is 5. The molecule has 0 amide bonds. The van der Waals surface area contributed by atoms with E-state index in [0.29, 0.717) is 17.1 Å². The van der Waals surface area contributed by atoms with Crippen LogP contribution in [0.4, 0.5) is 15.8 Å². The summed E-state index contributed by atoms with van der Waals surface area (Å²) in [5.41, 5.74) is 4.15. The molecule has 0 aromatic heterocycles. The Hall–Kier alpha value is -4.64. The zero-order valence-corrected chi connectivity index (χ0v) is 19.3. The Morgan fingerprint density at radius 1 is 0.806 bits per heavy atom. The highest BCUT2D eigenvalue weighted by Crippen LogP contribution is 2.58. The van der Waals surface area contributed by atoms with E-state index < -0.39 is 5.60 Å². The summed E-state index contributed by atoms with van der Waals surface area (Å²) in [4.78, 5) is 13.2. The summed E-state index contributed by atoms with van der Waals surface area (Å²) in [6.45, 7) is 1.85. The molecule has 0 saturated heterocycles. The number of carbonyl (C=O) groups is 1. The first-order valence-electron chi connectivity index (χ1n) is 11.8. The molecule has 5 aromatic carbocycles. The third-order valence-corrected chi connectivity index (χ3v) is 7.06.